The van der Waals surface area contributed by atoms with Crippen molar-refractivity contribution in [2.45, 2.75) is 12.2 Å². The van der Waals surface area contributed by atoms with Crippen molar-refractivity contribution in [3.63, 3.8) is 0 Å². The van der Waals surface area contributed by atoms with E-state index in [4.69, 9.17) is 16.9 Å². The molecule has 2 amide bonds. The minimum absolute atomic E-state index is 0.118. The van der Waals surface area contributed by atoms with Crippen molar-refractivity contribution in [3.8, 4) is 6.07 Å². The second kappa shape index (κ2) is 7.08. The number of rotatable bonds is 2. The summed E-state index contributed by atoms with van der Waals surface area (Å²) in [4.78, 5) is 25.8. The molecule has 0 N–H and O–H groups in total. The lowest BCUT2D eigenvalue weighted by molar-refractivity contribution is -0.137. The number of halogens is 4. The first-order valence-corrected chi connectivity index (χ1v) is 9.07. The zero-order valence-electron chi connectivity index (χ0n) is 14.9. The number of amides is 2. The number of urea groups is 1. The first-order valence-electron chi connectivity index (χ1n) is 8.70. The van der Waals surface area contributed by atoms with E-state index in [1.807, 2.05) is 4.90 Å². The summed E-state index contributed by atoms with van der Waals surface area (Å²) < 4.78 is 39.8. The number of carbonyl (C=O) groups is 1. The van der Waals surface area contributed by atoms with E-state index >= 15 is 0 Å². The third-order valence-corrected chi connectivity index (χ3v) is 5.24. The lowest BCUT2D eigenvalue weighted by Crippen LogP contribution is -2.52. The van der Waals surface area contributed by atoms with Crippen LogP contribution in [0.3, 0.4) is 0 Å². The number of nitriles is 1. The average Bonchev–Trinajstić information content (AvgIpc) is 3.03. The van der Waals surface area contributed by atoms with E-state index in [1.54, 1.807) is 17.0 Å². The molecule has 0 bridgehead atoms. The Balaban J connectivity index is 1.58. The fourth-order valence-corrected chi connectivity index (χ4v) is 3.80. The molecule has 150 valence electrons. The van der Waals surface area contributed by atoms with E-state index in [9.17, 15) is 18.0 Å². The molecule has 1 aromatic heterocycles. The van der Waals surface area contributed by atoms with Gasteiger partial charge in [-0.3, -0.25) is 4.90 Å². The molecule has 7 nitrogen and oxygen atoms in total. The van der Waals surface area contributed by atoms with Gasteiger partial charge in [0.25, 0.3) is 0 Å². The highest BCUT2D eigenvalue weighted by atomic mass is 35.5. The summed E-state index contributed by atoms with van der Waals surface area (Å²) in [5, 5.41) is 9.26. The number of nitrogens with zero attached hydrogens (tertiary/aromatic N) is 6. The normalized spacial score (nSPS) is 19.3. The van der Waals surface area contributed by atoms with Crippen LogP contribution in [0.15, 0.2) is 30.6 Å². The summed E-state index contributed by atoms with van der Waals surface area (Å²) in [5.74, 6) is 0.633. The van der Waals surface area contributed by atoms with Crippen LogP contribution in [0.4, 0.5) is 29.5 Å². The number of alkyl halides is 3. The highest BCUT2D eigenvalue weighted by Crippen LogP contribution is 2.36. The Labute approximate surface area is 168 Å². The van der Waals surface area contributed by atoms with E-state index < -0.39 is 17.3 Å². The Morgan fingerprint density at radius 1 is 1.17 bits per heavy atom. The Morgan fingerprint density at radius 2 is 1.97 bits per heavy atom. The third-order valence-electron chi connectivity index (χ3n) is 5.04. The van der Waals surface area contributed by atoms with Gasteiger partial charge in [0.1, 0.15) is 17.3 Å². The molecule has 2 saturated heterocycles. The van der Waals surface area contributed by atoms with Gasteiger partial charge in [-0.25, -0.2) is 14.8 Å². The molecule has 0 radical (unpaired) electrons. The molecule has 4 rings (SSSR count). The molecule has 1 atom stereocenters. The maximum Gasteiger partial charge on any atom is 0.417 e. The first kappa shape index (κ1) is 19.3. The Bertz CT molecular complexity index is 1010. The van der Waals surface area contributed by atoms with Crippen molar-refractivity contribution in [2.24, 2.45) is 0 Å². The van der Waals surface area contributed by atoms with Gasteiger partial charge in [0, 0.05) is 37.9 Å². The van der Waals surface area contributed by atoms with Crippen molar-refractivity contribution >= 4 is 29.1 Å². The van der Waals surface area contributed by atoms with Gasteiger partial charge in [-0.05, 0) is 18.2 Å². The van der Waals surface area contributed by atoms with Gasteiger partial charge in [0.2, 0.25) is 0 Å². The summed E-state index contributed by atoms with van der Waals surface area (Å²) in [5.41, 5.74) is -1.41. The topological polar surface area (TPSA) is 76.4 Å². The summed E-state index contributed by atoms with van der Waals surface area (Å²) in [6.07, 6.45) is -3.33. The lowest BCUT2D eigenvalue weighted by atomic mass is 10.1. The zero-order chi connectivity index (χ0) is 20.8. The number of hydrogen-bond acceptors (Lipinski definition) is 5. The average molecular weight is 423 g/mol. The number of hydrogen-bond donors (Lipinski definition) is 0. The van der Waals surface area contributed by atoms with Crippen LogP contribution in [0.25, 0.3) is 0 Å². The molecule has 0 saturated carbocycles. The molecule has 2 aliphatic heterocycles. The molecular formula is C18H14ClF3N6O. The molecule has 2 aliphatic rings. The number of anilines is 2. The largest absolute Gasteiger partial charge is 0.417 e. The molecule has 29 heavy (non-hydrogen) atoms. The molecule has 0 aliphatic carbocycles. The minimum atomic E-state index is -4.68. The van der Waals surface area contributed by atoms with Crippen molar-refractivity contribution in [2.75, 3.05) is 36.0 Å². The molecule has 2 fully saturated rings. The van der Waals surface area contributed by atoms with Crippen molar-refractivity contribution < 1.29 is 18.0 Å². The summed E-state index contributed by atoms with van der Waals surface area (Å²) in [7, 11) is 0. The number of aromatic nitrogens is 2. The quantitative estimate of drug-likeness (QED) is 0.695. The Morgan fingerprint density at radius 3 is 2.66 bits per heavy atom. The number of carbonyl (C=O) groups excluding carboxylic acids is 1. The fraction of sp³-hybridized carbons (Fsp3) is 0.333. The molecule has 0 unspecified atom stereocenters. The van der Waals surface area contributed by atoms with Crippen LogP contribution in [0.5, 0.6) is 0 Å². The molecule has 0 spiro atoms. The van der Waals surface area contributed by atoms with E-state index in [-0.39, 0.29) is 24.3 Å². The van der Waals surface area contributed by atoms with E-state index in [0.29, 0.717) is 30.6 Å². The van der Waals surface area contributed by atoms with Gasteiger partial charge in [-0.15, -0.1) is 0 Å². The van der Waals surface area contributed by atoms with Crippen LogP contribution in [0.2, 0.25) is 5.15 Å². The van der Waals surface area contributed by atoms with Crippen LogP contribution >= 0.6 is 11.6 Å². The summed E-state index contributed by atoms with van der Waals surface area (Å²) in [6.45, 7) is 1.63. The summed E-state index contributed by atoms with van der Waals surface area (Å²) >= 11 is 5.91. The lowest BCUT2D eigenvalue weighted by Gasteiger charge is -2.36. The van der Waals surface area contributed by atoms with Gasteiger partial charge < -0.3 is 9.80 Å². The van der Waals surface area contributed by atoms with Crippen LogP contribution in [0, 0.1) is 11.3 Å². The van der Waals surface area contributed by atoms with E-state index in [2.05, 4.69) is 9.97 Å². The monoisotopic (exact) mass is 422 g/mol. The van der Waals surface area contributed by atoms with Gasteiger partial charge in [-0.2, -0.15) is 18.4 Å². The Kier molecular flexibility index (Phi) is 4.70. The zero-order valence-corrected chi connectivity index (χ0v) is 15.7. The highest BCUT2D eigenvalue weighted by molar-refractivity contribution is 6.29. The standard InChI is InChI=1S/C18H14ClF3N6O/c19-15-6-16(25-10-24-15)26-3-4-27-13(8-26)9-28(17(27)29)12-2-1-11(7-23)14(5-12)18(20,21)22/h1-2,5-6,10,13H,3-4,8-9H2/t13-/m0/s1. The Hall–Kier alpha value is -3.06. The van der Waals surface area contributed by atoms with Gasteiger partial charge >= 0.3 is 12.2 Å². The SMILES string of the molecule is N#Cc1ccc(N2C[C@@H]3CN(c4cc(Cl)ncn4)CCN3C2=O)cc1C(F)(F)F. The molecule has 11 heteroatoms. The van der Waals surface area contributed by atoms with Gasteiger partial charge in [0.15, 0.2) is 0 Å². The maximum absolute atomic E-state index is 13.3. The number of benzene rings is 1. The van der Waals surface area contributed by atoms with Crippen molar-refractivity contribution in [3.05, 3.63) is 46.9 Å². The predicted molar refractivity (Wildman–Crippen MR) is 98.7 cm³/mol. The maximum atomic E-state index is 13.3. The van der Waals surface area contributed by atoms with Crippen LogP contribution < -0.4 is 9.80 Å². The molecule has 3 heterocycles. The van der Waals surface area contributed by atoms with E-state index in [1.165, 1.54) is 17.3 Å². The fourth-order valence-electron chi connectivity index (χ4n) is 3.66. The highest BCUT2D eigenvalue weighted by Gasteiger charge is 2.42. The van der Waals surface area contributed by atoms with Gasteiger partial charge in [0.05, 0.1) is 23.2 Å². The third kappa shape index (κ3) is 3.53. The van der Waals surface area contributed by atoms with Crippen LogP contribution in [0.1, 0.15) is 11.1 Å². The van der Waals surface area contributed by atoms with Crippen LogP contribution in [-0.2, 0) is 6.18 Å². The van der Waals surface area contributed by atoms with Gasteiger partial charge in [-0.1, -0.05) is 11.6 Å². The smallest absolute Gasteiger partial charge is 0.353 e. The second-order valence-electron chi connectivity index (χ2n) is 6.72. The summed E-state index contributed by atoms with van der Waals surface area (Å²) in [6, 6.07) is 5.93. The minimum Gasteiger partial charge on any atom is -0.353 e. The molecular weight excluding hydrogens is 409 g/mol. The number of fused-ring (bicyclic) bond motifs is 1. The number of piperazine rings is 1. The first-order chi connectivity index (χ1) is 13.8. The second-order valence-corrected chi connectivity index (χ2v) is 7.11. The molecule has 1 aromatic carbocycles. The molecule has 2 aromatic rings. The predicted octanol–water partition coefficient (Wildman–Crippen LogP) is 3.15. The van der Waals surface area contributed by atoms with E-state index in [0.717, 1.165) is 12.1 Å². The van der Waals surface area contributed by atoms with Crippen LogP contribution in [-0.4, -0.2) is 53.1 Å². The van der Waals surface area contributed by atoms with Crippen molar-refractivity contribution in [1.82, 2.24) is 14.9 Å². The van der Waals surface area contributed by atoms with Crippen molar-refractivity contribution in [1.29, 1.82) is 5.26 Å².